The van der Waals surface area contributed by atoms with Crippen molar-refractivity contribution < 1.29 is 0 Å². The number of nitrogens with two attached hydrogens (primary N) is 1. The highest BCUT2D eigenvalue weighted by Gasteiger charge is 2.18. The Morgan fingerprint density at radius 3 is 3.26 bits per heavy atom. The van der Waals surface area contributed by atoms with Gasteiger partial charge in [0.2, 0.25) is 0 Å². The molecule has 2 aromatic heterocycles. The lowest BCUT2D eigenvalue weighted by molar-refractivity contribution is 0.210. The molecule has 0 unspecified atom stereocenters. The minimum atomic E-state index is 0.405. The molecule has 0 saturated carbocycles. The Morgan fingerprint density at radius 2 is 2.37 bits per heavy atom. The Bertz CT molecular complexity index is 618. The molecule has 1 aliphatic heterocycles. The zero-order chi connectivity index (χ0) is 13.1. The first-order chi connectivity index (χ1) is 9.36. The predicted molar refractivity (Wildman–Crippen MR) is 74.4 cm³/mol. The molecule has 0 amide bonds. The average Bonchev–Trinajstić information content (AvgIpc) is 3.05. The molecular weight excluding hydrogens is 258 g/mol. The highest BCUT2D eigenvalue weighted by molar-refractivity contribution is 7.10. The van der Waals surface area contributed by atoms with E-state index in [-0.39, 0.29) is 0 Å². The fourth-order valence-corrected chi connectivity index (χ4v) is 3.05. The van der Waals surface area contributed by atoms with E-state index < -0.39 is 0 Å². The summed E-state index contributed by atoms with van der Waals surface area (Å²) in [5.41, 5.74) is 6.52. The molecule has 19 heavy (non-hydrogen) atoms. The normalized spacial score (nSPS) is 14.8. The van der Waals surface area contributed by atoms with Gasteiger partial charge in [0.05, 0.1) is 13.1 Å². The molecule has 0 bridgehead atoms. The first-order valence-corrected chi connectivity index (χ1v) is 7.09. The summed E-state index contributed by atoms with van der Waals surface area (Å²) in [6, 6.07) is 2.06. The van der Waals surface area contributed by atoms with E-state index in [9.17, 15) is 0 Å². The predicted octanol–water partition coefficient (Wildman–Crippen LogP) is 0.666. The van der Waals surface area contributed by atoms with Gasteiger partial charge in [0.1, 0.15) is 12.2 Å². The fourth-order valence-electron chi connectivity index (χ4n) is 2.18. The first kappa shape index (κ1) is 12.4. The van der Waals surface area contributed by atoms with Crippen molar-refractivity contribution >= 4 is 11.3 Å². The Morgan fingerprint density at radius 1 is 1.42 bits per heavy atom. The summed E-state index contributed by atoms with van der Waals surface area (Å²) in [5.74, 6) is 7.09. The molecule has 3 heterocycles. The number of nitrogens with zero attached hydrogens (tertiary/aromatic N) is 4. The molecule has 6 heteroatoms. The minimum absolute atomic E-state index is 0.405. The van der Waals surface area contributed by atoms with E-state index in [1.54, 1.807) is 17.7 Å². The molecule has 5 nitrogen and oxygen atoms in total. The molecule has 98 valence electrons. The molecule has 3 rings (SSSR count). The summed E-state index contributed by atoms with van der Waals surface area (Å²) >= 11 is 1.75. The molecule has 1 aliphatic rings. The van der Waals surface area contributed by atoms with Crippen molar-refractivity contribution in [3.05, 3.63) is 34.0 Å². The molecule has 0 fully saturated rings. The van der Waals surface area contributed by atoms with Gasteiger partial charge < -0.3 is 10.3 Å². The molecule has 0 aliphatic carbocycles. The first-order valence-electron chi connectivity index (χ1n) is 6.21. The lowest BCUT2D eigenvalue weighted by Gasteiger charge is -2.26. The third-order valence-electron chi connectivity index (χ3n) is 3.16. The summed E-state index contributed by atoms with van der Waals surface area (Å²) in [6.07, 6.45) is 1.80. The Kier molecular flexibility index (Phi) is 3.60. The van der Waals surface area contributed by atoms with Crippen molar-refractivity contribution in [2.75, 3.05) is 13.1 Å². The van der Waals surface area contributed by atoms with Gasteiger partial charge in [-0.3, -0.25) is 4.90 Å². The van der Waals surface area contributed by atoms with E-state index in [1.165, 1.54) is 4.88 Å². The van der Waals surface area contributed by atoms with E-state index in [0.29, 0.717) is 6.54 Å². The summed E-state index contributed by atoms with van der Waals surface area (Å²) in [7, 11) is 0. The Labute approximate surface area is 116 Å². The summed E-state index contributed by atoms with van der Waals surface area (Å²) in [4.78, 5) is 3.68. The van der Waals surface area contributed by atoms with E-state index in [4.69, 9.17) is 5.73 Å². The topological polar surface area (TPSA) is 60.0 Å². The molecule has 2 aromatic rings. The maximum absolute atomic E-state index is 5.42. The molecule has 2 N–H and O–H groups in total. The monoisotopic (exact) mass is 273 g/mol. The second kappa shape index (κ2) is 5.53. The van der Waals surface area contributed by atoms with E-state index >= 15 is 0 Å². The van der Waals surface area contributed by atoms with Crippen LogP contribution in [0.2, 0.25) is 0 Å². The van der Waals surface area contributed by atoms with E-state index in [2.05, 4.69) is 43.0 Å². The van der Waals surface area contributed by atoms with Gasteiger partial charge in [0.25, 0.3) is 0 Å². The number of hydrogen-bond acceptors (Lipinski definition) is 5. The fraction of sp³-hybridized carbons (Fsp3) is 0.385. The third-order valence-corrected chi connectivity index (χ3v) is 4.06. The van der Waals surface area contributed by atoms with Crippen LogP contribution in [0.1, 0.15) is 16.3 Å². The lowest BCUT2D eigenvalue weighted by Crippen LogP contribution is -2.33. The van der Waals surface area contributed by atoms with Crippen LogP contribution in [0.4, 0.5) is 0 Å². The summed E-state index contributed by atoms with van der Waals surface area (Å²) in [5, 5.41) is 10.2. The van der Waals surface area contributed by atoms with Gasteiger partial charge in [-0.05, 0) is 11.4 Å². The van der Waals surface area contributed by atoms with Crippen LogP contribution in [0.25, 0.3) is 0 Å². The number of thiophene rings is 1. The molecule has 0 aromatic carbocycles. The highest BCUT2D eigenvalue weighted by Crippen LogP contribution is 2.20. The number of hydrogen-bond donors (Lipinski definition) is 1. The summed E-state index contributed by atoms with van der Waals surface area (Å²) in [6.45, 7) is 4.15. The van der Waals surface area contributed by atoms with E-state index in [1.807, 2.05) is 0 Å². The van der Waals surface area contributed by atoms with Crippen LogP contribution < -0.4 is 5.73 Å². The van der Waals surface area contributed by atoms with Crippen LogP contribution in [-0.2, 0) is 19.6 Å². The Balaban J connectivity index is 1.71. The zero-order valence-electron chi connectivity index (χ0n) is 10.5. The maximum Gasteiger partial charge on any atom is 0.147 e. The molecule has 0 saturated heterocycles. The van der Waals surface area contributed by atoms with E-state index in [0.717, 1.165) is 37.6 Å². The molecule has 0 atom stereocenters. The van der Waals surface area contributed by atoms with Crippen molar-refractivity contribution in [2.45, 2.75) is 19.6 Å². The van der Waals surface area contributed by atoms with Gasteiger partial charge >= 0.3 is 0 Å². The SMILES string of the molecule is NCC#Cc1ccsc1CN1CCn2cnnc2C1. The van der Waals surface area contributed by atoms with Gasteiger partial charge in [-0.15, -0.1) is 21.5 Å². The number of rotatable bonds is 2. The highest BCUT2D eigenvalue weighted by atomic mass is 32.1. The standard InChI is InChI=1S/C13H15N5S/c14-4-1-2-11-3-7-19-12(11)8-17-5-6-18-10-15-16-13(18)9-17/h3,7,10H,4-6,8-9,14H2. The van der Waals surface area contributed by atoms with Crippen LogP contribution >= 0.6 is 11.3 Å². The summed E-state index contributed by atoms with van der Waals surface area (Å²) < 4.78 is 2.11. The number of aromatic nitrogens is 3. The third kappa shape index (κ3) is 2.68. The van der Waals surface area contributed by atoms with Crippen LogP contribution in [0.15, 0.2) is 17.8 Å². The van der Waals surface area contributed by atoms with Crippen molar-refractivity contribution in [1.29, 1.82) is 0 Å². The largest absolute Gasteiger partial charge is 0.320 e. The van der Waals surface area contributed by atoms with Crippen molar-refractivity contribution in [3.63, 3.8) is 0 Å². The molecule has 0 spiro atoms. The lowest BCUT2D eigenvalue weighted by atomic mass is 10.2. The van der Waals surface area contributed by atoms with Crippen LogP contribution in [0.3, 0.4) is 0 Å². The average molecular weight is 273 g/mol. The maximum atomic E-state index is 5.42. The van der Waals surface area contributed by atoms with Gasteiger partial charge in [0, 0.05) is 30.1 Å². The second-order valence-electron chi connectivity index (χ2n) is 4.41. The van der Waals surface area contributed by atoms with Gasteiger partial charge in [-0.1, -0.05) is 11.8 Å². The molecule has 0 radical (unpaired) electrons. The van der Waals surface area contributed by atoms with Gasteiger partial charge in [-0.2, -0.15) is 0 Å². The van der Waals surface area contributed by atoms with Crippen molar-refractivity contribution in [1.82, 2.24) is 19.7 Å². The minimum Gasteiger partial charge on any atom is -0.320 e. The van der Waals surface area contributed by atoms with Crippen LogP contribution in [-0.4, -0.2) is 32.8 Å². The van der Waals surface area contributed by atoms with Crippen LogP contribution in [0.5, 0.6) is 0 Å². The quantitative estimate of drug-likeness (QED) is 0.817. The van der Waals surface area contributed by atoms with Crippen molar-refractivity contribution in [3.8, 4) is 11.8 Å². The van der Waals surface area contributed by atoms with Crippen LogP contribution in [0, 0.1) is 11.8 Å². The Hall–Kier alpha value is -1.68. The zero-order valence-corrected chi connectivity index (χ0v) is 11.4. The van der Waals surface area contributed by atoms with Gasteiger partial charge in [0.15, 0.2) is 0 Å². The number of fused-ring (bicyclic) bond motifs is 1. The van der Waals surface area contributed by atoms with Crippen molar-refractivity contribution in [2.24, 2.45) is 5.73 Å². The molecular formula is C13H15N5S. The van der Waals surface area contributed by atoms with Gasteiger partial charge in [-0.25, -0.2) is 0 Å². The smallest absolute Gasteiger partial charge is 0.147 e. The second-order valence-corrected chi connectivity index (χ2v) is 5.42.